The van der Waals surface area contributed by atoms with Crippen LogP contribution in [-0.4, -0.2) is 46.5 Å². The molecule has 3 heterocycles. The van der Waals surface area contributed by atoms with Crippen LogP contribution >= 0.6 is 0 Å². The molecule has 0 spiro atoms. The minimum absolute atomic E-state index is 0.0718. The quantitative estimate of drug-likeness (QED) is 0.862. The van der Waals surface area contributed by atoms with E-state index in [9.17, 15) is 13.2 Å². The molecular weight excluding hydrogens is 320 g/mol. The SMILES string of the molecule is Cc1cc(OC2CCN(S(=O)(=O)c3cnc[nH]3)C2)cc(=O)n1C. The number of rotatable bonds is 4. The van der Waals surface area contributed by atoms with Crippen molar-refractivity contribution >= 4 is 10.0 Å². The molecule has 2 aromatic heterocycles. The minimum Gasteiger partial charge on any atom is -0.489 e. The molecule has 1 atom stereocenters. The van der Waals surface area contributed by atoms with Crippen LogP contribution in [-0.2, 0) is 17.1 Å². The Labute approximate surface area is 133 Å². The van der Waals surface area contributed by atoms with Crippen molar-refractivity contribution < 1.29 is 13.2 Å². The summed E-state index contributed by atoms with van der Waals surface area (Å²) in [6.45, 7) is 2.43. The van der Waals surface area contributed by atoms with Crippen LogP contribution in [0.15, 0.2) is 34.5 Å². The van der Waals surface area contributed by atoms with Crippen molar-refractivity contribution in [1.82, 2.24) is 18.8 Å². The third kappa shape index (κ3) is 3.02. The molecule has 1 N–H and O–H groups in total. The molecule has 124 valence electrons. The van der Waals surface area contributed by atoms with Crippen molar-refractivity contribution in [2.75, 3.05) is 13.1 Å². The maximum absolute atomic E-state index is 12.4. The maximum atomic E-state index is 12.4. The van der Waals surface area contributed by atoms with Crippen molar-refractivity contribution in [2.45, 2.75) is 24.5 Å². The molecule has 0 radical (unpaired) electrons. The highest BCUT2D eigenvalue weighted by molar-refractivity contribution is 7.89. The zero-order valence-electron chi connectivity index (χ0n) is 12.9. The fourth-order valence-electron chi connectivity index (χ4n) is 2.53. The third-order valence-electron chi connectivity index (χ3n) is 3.98. The monoisotopic (exact) mass is 338 g/mol. The zero-order valence-corrected chi connectivity index (χ0v) is 13.7. The molecule has 1 unspecified atom stereocenters. The number of nitrogens with zero attached hydrogens (tertiary/aromatic N) is 3. The van der Waals surface area contributed by atoms with Crippen LogP contribution in [0.2, 0.25) is 0 Å². The van der Waals surface area contributed by atoms with E-state index in [1.807, 2.05) is 6.92 Å². The van der Waals surface area contributed by atoms with E-state index in [0.29, 0.717) is 18.7 Å². The first-order valence-corrected chi connectivity index (χ1v) is 8.65. The van der Waals surface area contributed by atoms with Crippen LogP contribution in [0.25, 0.3) is 0 Å². The van der Waals surface area contributed by atoms with Gasteiger partial charge in [0.2, 0.25) is 0 Å². The second kappa shape index (κ2) is 5.82. The molecule has 9 heteroatoms. The van der Waals surface area contributed by atoms with E-state index < -0.39 is 10.0 Å². The number of nitrogens with one attached hydrogen (secondary N) is 1. The van der Waals surface area contributed by atoms with Crippen molar-refractivity contribution in [3.8, 4) is 5.75 Å². The predicted octanol–water partition coefficient (Wildman–Crippen LogP) is 0.259. The van der Waals surface area contributed by atoms with Gasteiger partial charge >= 0.3 is 0 Å². The van der Waals surface area contributed by atoms with E-state index in [-0.39, 0.29) is 23.2 Å². The van der Waals surface area contributed by atoms with Gasteiger partial charge in [-0.2, -0.15) is 4.31 Å². The molecular formula is C14H18N4O4S. The number of pyridine rings is 1. The summed E-state index contributed by atoms with van der Waals surface area (Å²) in [5.74, 6) is 0.469. The highest BCUT2D eigenvalue weighted by Gasteiger charge is 2.34. The summed E-state index contributed by atoms with van der Waals surface area (Å²) in [5.41, 5.74) is 0.632. The van der Waals surface area contributed by atoms with Crippen LogP contribution in [0.4, 0.5) is 0 Å². The summed E-state index contributed by atoms with van der Waals surface area (Å²) in [6.07, 6.45) is 2.91. The highest BCUT2D eigenvalue weighted by atomic mass is 32.2. The molecule has 1 aliphatic rings. The third-order valence-corrected chi connectivity index (χ3v) is 5.77. The fraction of sp³-hybridized carbons (Fsp3) is 0.429. The predicted molar refractivity (Wildman–Crippen MR) is 82.8 cm³/mol. The number of sulfonamides is 1. The summed E-state index contributed by atoms with van der Waals surface area (Å²) >= 11 is 0. The van der Waals surface area contributed by atoms with Gasteiger partial charge in [-0.05, 0) is 19.4 Å². The van der Waals surface area contributed by atoms with Crippen LogP contribution in [0.3, 0.4) is 0 Å². The van der Waals surface area contributed by atoms with Gasteiger partial charge in [0.05, 0.1) is 19.1 Å². The number of hydrogen-bond donors (Lipinski definition) is 1. The first kappa shape index (κ1) is 15.8. The Morgan fingerprint density at radius 2 is 2.17 bits per heavy atom. The molecule has 0 aromatic carbocycles. The molecule has 1 saturated heterocycles. The average Bonchev–Trinajstić information content (AvgIpc) is 3.16. The average molecular weight is 338 g/mol. The summed E-state index contributed by atoms with van der Waals surface area (Å²) in [4.78, 5) is 18.1. The fourth-order valence-corrected chi connectivity index (χ4v) is 3.91. The Kier molecular flexibility index (Phi) is 3.99. The summed E-state index contributed by atoms with van der Waals surface area (Å²) in [7, 11) is -1.88. The lowest BCUT2D eigenvalue weighted by Crippen LogP contribution is -2.31. The zero-order chi connectivity index (χ0) is 16.6. The topological polar surface area (TPSA) is 97.3 Å². The van der Waals surface area contributed by atoms with Crippen molar-refractivity contribution in [1.29, 1.82) is 0 Å². The summed E-state index contributed by atoms with van der Waals surface area (Å²) in [5, 5.41) is 0.0718. The smallest absolute Gasteiger partial charge is 0.260 e. The summed E-state index contributed by atoms with van der Waals surface area (Å²) in [6, 6.07) is 3.19. The molecule has 1 aliphatic heterocycles. The summed E-state index contributed by atoms with van der Waals surface area (Å²) < 4.78 is 33.5. The number of aryl methyl sites for hydroxylation is 1. The second-order valence-electron chi connectivity index (χ2n) is 5.54. The normalized spacial score (nSPS) is 19.1. The molecule has 0 bridgehead atoms. The lowest BCUT2D eigenvalue weighted by Gasteiger charge is -2.17. The molecule has 0 aliphatic carbocycles. The largest absolute Gasteiger partial charge is 0.489 e. The highest BCUT2D eigenvalue weighted by Crippen LogP contribution is 2.22. The Balaban J connectivity index is 1.73. The van der Waals surface area contributed by atoms with Crippen LogP contribution in [0.1, 0.15) is 12.1 Å². The first-order chi connectivity index (χ1) is 10.9. The Morgan fingerprint density at radius 3 is 2.83 bits per heavy atom. The molecule has 23 heavy (non-hydrogen) atoms. The van der Waals surface area contributed by atoms with Crippen molar-refractivity contribution in [3.05, 3.63) is 40.7 Å². The number of H-pyrrole nitrogens is 1. The van der Waals surface area contributed by atoms with Crippen molar-refractivity contribution in [3.63, 3.8) is 0 Å². The van der Waals surface area contributed by atoms with E-state index in [1.54, 1.807) is 13.1 Å². The van der Waals surface area contributed by atoms with E-state index in [4.69, 9.17) is 4.74 Å². The number of aromatic nitrogens is 3. The second-order valence-corrected chi connectivity index (χ2v) is 7.44. The van der Waals surface area contributed by atoms with E-state index in [2.05, 4.69) is 9.97 Å². The van der Waals surface area contributed by atoms with Gasteiger partial charge in [-0.3, -0.25) is 4.79 Å². The van der Waals surface area contributed by atoms with Crippen LogP contribution in [0, 0.1) is 6.92 Å². The van der Waals surface area contributed by atoms with E-state index in [0.717, 1.165) is 5.69 Å². The molecule has 0 amide bonds. The van der Waals surface area contributed by atoms with Gasteiger partial charge < -0.3 is 14.3 Å². The number of ether oxygens (including phenoxy) is 1. The molecule has 1 fully saturated rings. The Hall–Kier alpha value is -2.13. The van der Waals surface area contributed by atoms with Crippen molar-refractivity contribution in [2.24, 2.45) is 7.05 Å². The minimum atomic E-state index is -3.57. The Morgan fingerprint density at radius 1 is 1.39 bits per heavy atom. The van der Waals surface area contributed by atoms with E-state index >= 15 is 0 Å². The van der Waals surface area contributed by atoms with Gasteiger partial charge in [-0.25, -0.2) is 13.4 Å². The van der Waals surface area contributed by atoms with Gasteiger partial charge in [0.25, 0.3) is 15.6 Å². The number of aromatic amines is 1. The van der Waals surface area contributed by atoms with Gasteiger partial charge in [0.1, 0.15) is 11.9 Å². The van der Waals surface area contributed by atoms with Crippen LogP contribution in [0.5, 0.6) is 5.75 Å². The number of imidazole rings is 1. The standard InChI is InChI=1S/C14H18N4O4S/c1-10-5-12(6-14(19)17(10)2)22-11-3-4-18(8-11)23(20,21)13-7-15-9-16-13/h5-7,9,11H,3-4,8H2,1-2H3,(H,15,16). The molecule has 8 nitrogen and oxygen atoms in total. The lowest BCUT2D eigenvalue weighted by atomic mass is 10.3. The van der Waals surface area contributed by atoms with Gasteiger partial charge in [-0.15, -0.1) is 0 Å². The maximum Gasteiger partial charge on any atom is 0.260 e. The van der Waals surface area contributed by atoms with Gasteiger partial charge in [0, 0.05) is 25.4 Å². The lowest BCUT2D eigenvalue weighted by molar-refractivity contribution is 0.214. The number of hydrogen-bond acceptors (Lipinski definition) is 5. The van der Waals surface area contributed by atoms with Gasteiger partial charge in [0.15, 0.2) is 5.03 Å². The molecule has 0 saturated carbocycles. The van der Waals surface area contributed by atoms with Crippen LogP contribution < -0.4 is 10.3 Å². The molecule has 3 rings (SSSR count). The van der Waals surface area contributed by atoms with E-state index in [1.165, 1.54) is 27.5 Å². The Bertz CT molecular complexity index is 857. The van der Waals surface area contributed by atoms with Gasteiger partial charge in [-0.1, -0.05) is 0 Å². The first-order valence-electron chi connectivity index (χ1n) is 7.21. The molecule has 2 aromatic rings.